The third-order valence-corrected chi connectivity index (χ3v) is 7.52. The average Bonchev–Trinajstić information content (AvgIpc) is 3.25. The molecule has 0 saturated heterocycles. The number of carbonyl (C=O) groups is 2. The van der Waals surface area contributed by atoms with Crippen LogP contribution in [-0.2, 0) is 9.59 Å². The van der Waals surface area contributed by atoms with Crippen molar-refractivity contribution >= 4 is 11.8 Å². The summed E-state index contributed by atoms with van der Waals surface area (Å²) in [6.45, 7) is 3.52. The van der Waals surface area contributed by atoms with Crippen molar-refractivity contribution in [1.29, 1.82) is 0 Å². The Bertz CT molecular complexity index is 969. The van der Waals surface area contributed by atoms with Crippen LogP contribution in [0.15, 0.2) is 37.1 Å². The Labute approximate surface area is 181 Å². The molecule has 3 N–H and O–H groups in total. The standard InChI is InChI=1S/C23H29N5O3/c1-22(2,31-18-4-3-17(12-26-18)28-6-5-25-13-28)21(30)27-19-15-7-14-8-16(19)11-23(9-14,10-15)20(24)29/h3-6,12-16,19H,7-11H2,1-2H3,(H2,24,29)(H,27,30). The van der Waals surface area contributed by atoms with Gasteiger partial charge in [0.2, 0.25) is 11.8 Å². The fourth-order valence-corrected chi connectivity index (χ4v) is 6.19. The van der Waals surface area contributed by atoms with Crippen LogP contribution in [0.3, 0.4) is 0 Å². The Morgan fingerprint density at radius 1 is 1.23 bits per heavy atom. The van der Waals surface area contributed by atoms with Crippen LogP contribution in [0.5, 0.6) is 5.88 Å². The van der Waals surface area contributed by atoms with E-state index in [0.29, 0.717) is 23.6 Å². The normalized spacial score (nSPS) is 31.4. The summed E-state index contributed by atoms with van der Waals surface area (Å²) in [5.74, 6) is 1.25. The highest BCUT2D eigenvalue weighted by molar-refractivity contribution is 5.85. The molecule has 164 valence electrons. The molecule has 2 amide bonds. The molecule has 4 fully saturated rings. The van der Waals surface area contributed by atoms with Gasteiger partial charge in [-0.05, 0) is 69.8 Å². The molecule has 31 heavy (non-hydrogen) atoms. The van der Waals surface area contributed by atoms with Gasteiger partial charge in [-0.2, -0.15) is 0 Å². The molecule has 2 atom stereocenters. The van der Waals surface area contributed by atoms with Crippen LogP contribution in [0.4, 0.5) is 0 Å². The zero-order valence-electron chi connectivity index (χ0n) is 18.0. The number of aromatic nitrogens is 3. The first-order valence-electron chi connectivity index (χ1n) is 11.0. The minimum absolute atomic E-state index is 0.0796. The molecule has 4 saturated carbocycles. The van der Waals surface area contributed by atoms with Gasteiger partial charge in [-0.15, -0.1) is 0 Å². The van der Waals surface area contributed by atoms with Gasteiger partial charge in [-0.25, -0.2) is 9.97 Å². The van der Waals surface area contributed by atoms with Crippen LogP contribution in [0, 0.1) is 23.2 Å². The number of nitrogens with two attached hydrogens (primary N) is 1. The fraction of sp³-hybridized carbons (Fsp3) is 0.565. The number of hydrogen-bond donors (Lipinski definition) is 2. The Morgan fingerprint density at radius 3 is 2.55 bits per heavy atom. The smallest absolute Gasteiger partial charge is 0.263 e. The van der Waals surface area contributed by atoms with E-state index in [9.17, 15) is 9.59 Å². The van der Waals surface area contributed by atoms with Gasteiger partial charge in [0, 0.05) is 29.9 Å². The Balaban J connectivity index is 1.25. The van der Waals surface area contributed by atoms with Gasteiger partial charge in [0.05, 0.1) is 18.2 Å². The summed E-state index contributed by atoms with van der Waals surface area (Å²) < 4.78 is 7.81. The van der Waals surface area contributed by atoms with E-state index in [0.717, 1.165) is 37.8 Å². The first-order valence-corrected chi connectivity index (χ1v) is 11.0. The number of ether oxygens (including phenoxy) is 1. The van der Waals surface area contributed by atoms with Gasteiger partial charge >= 0.3 is 0 Å². The highest BCUT2D eigenvalue weighted by Gasteiger charge is 2.58. The van der Waals surface area contributed by atoms with Crippen LogP contribution < -0.4 is 15.8 Å². The second kappa shape index (κ2) is 7.07. The maximum atomic E-state index is 13.2. The minimum Gasteiger partial charge on any atom is -0.462 e. The van der Waals surface area contributed by atoms with Gasteiger partial charge in [0.25, 0.3) is 5.91 Å². The molecule has 4 bridgehead atoms. The number of nitrogens with zero attached hydrogens (tertiary/aromatic N) is 3. The molecule has 8 nitrogen and oxygen atoms in total. The molecule has 4 aliphatic rings. The van der Waals surface area contributed by atoms with E-state index in [1.807, 2.05) is 16.8 Å². The minimum atomic E-state index is -1.07. The van der Waals surface area contributed by atoms with Crippen molar-refractivity contribution in [2.24, 2.45) is 28.9 Å². The summed E-state index contributed by atoms with van der Waals surface area (Å²) in [6, 6.07) is 3.71. The SMILES string of the molecule is CC(C)(Oc1ccc(-n2ccnc2)cn1)C(=O)NC1C2CC3CC1CC(C(N)=O)(C3)C2. The fourth-order valence-electron chi connectivity index (χ4n) is 6.19. The summed E-state index contributed by atoms with van der Waals surface area (Å²) in [6.07, 6.45) is 11.6. The predicted molar refractivity (Wildman–Crippen MR) is 113 cm³/mol. The van der Waals surface area contributed by atoms with E-state index in [1.165, 1.54) is 0 Å². The summed E-state index contributed by atoms with van der Waals surface area (Å²) in [4.78, 5) is 33.7. The molecule has 8 heteroatoms. The highest BCUT2D eigenvalue weighted by Crippen LogP contribution is 2.59. The number of pyridine rings is 1. The lowest BCUT2D eigenvalue weighted by Gasteiger charge is -2.59. The highest BCUT2D eigenvalue weighted by atomic mass is 16.5. The van der Waals surface area contributed by atoms with Crippen LogP contribution in [0.1, 0.15) is 46.0 Å². The van der Waals surface area contributed by atoms with Crippen molar-refractivity contribution < 1.29 is 14.3 Å². The van der Waals surface area contributed by atoms with E-state index in [1.54, 1.807) is 38.6 Å². The third-order valence-electron chi connectivity index (χ3n) is 7.52. The summed E-state index contributed by atoms with van der Waals surface area (Å²) in [7, 11) is 0. The molecule has 0 radical (unpaired) electrons. The molecule has 2 aromatic rings. The Kier molecular flexibility index (Phi) is 4.57. The Morgan fingerprint density at radius 2 is 1.97 bits per heavy atom. The summed E-state index contributed by atoms with van der Waals surface area (Å²) in [5, 5.41) is 3.26. The van der Waals surface area contributed by atoms with E-state index in [-0.39, 0.29) is 23.3 Å². The summed E-state index contributed by atoms with van der Waals surface area (Å²) in [5.41, 5.74) is 5.22. The monoisotopic (exact) mass is 423 g/mol. The quantitative estimate of drug-likeness (QED) is 0.740. The van der Waals surface area contributed by atoms with E-state index >= 15 is 0 Å². The number of imidazole rings is 1. The number of carbonyl (C=O) groups excluding carboxylic acids is 2. The van der Waals surface area contributed by atoms with Crippen LogP contribution >= 0.6 is 0 Å². The molecule has 0 aromatic carbocycles. The van der Waals surface area contributed by atoms with Gasteiger partial charge < -0.3 is 20.4 Å². The lowest BCUT2D eigenvalue weighted by Crippen LogP contribution is -2.64. The number of nitrogens with one attached hydrogen (secondary N) is 1. The van der Waals surface area contributed by atoms with Crippen molar-refractivity contribution in [1.82, 2.24) is 19.9 Å². The van der Waals surface area contributed by atoms with Crippen molar-refractivity contribution in [2.45, 2.75) is 57.6 Å². The van der Waals surface area contributed by atoms with Gasteiger partial charge in [0.15, 0.2) is 5.60 Å². The van der Waals surface area contributed by atoms with Crippen molar-refractivity contribution in [2.75, 3.05) is 0 Å². The zero-order chi connectivity index (χ0) is 21.8. The van der Waals surface area contributed by atoms with Crippen molar-refractivity contribution in [3.05, 3.63) is 37.1 Å². The maximum Gasteiger partial charge on any atom is 0.263 e. The van der Waals surface area contributed by atoms with E-state index in [2.05, 4.69) is 15.3 Å². The van der Waals surface area contributed by atoms with Crippen LogP contribution in [0.2, 0.25) is 0 Å². The van der Waals surface area contributed by atoms with Crippen molar-refractivity contribution in [3.63, 3.8) is 0 Å². The topological polar surface area (TPSA) is 112 Å². The van der Waals surface area contributed by atoms with Gasteiger partial charge in [-0.3, -0.25) is 9.59 Å². The predicted octanol–water partition coefficient (Wildman–Crippen LogP) is 2.22. The zero-order valence-corrected chi connectivity index (χ0v) is 18.0. The van der Waals surface area contributed by atoms with E-state index < -0.39 is 5.60 Å². The Hall–Kier alpha value is -2.90. The number of amides is 2. The van der Waals surface area contributed by atoms with Gasteiger partial charge in [0.1, 0.15) is 0 Å². The number of rotatable bonds is 6. The van der Waals surface area contributed by atoms with Crippen LogP contribution in [-0.4, -0.2) is 38.0 Å². The van der Waals surface area contributed by atoms with Gasteiger partial charge in [-0.1, -0.05) is 0 Å². The van der Waals surface area contributed by atoms with Crippen LogP contribution in [0.25, 0.3) is 5.69 Å². The molecule has 0 aliphatic heterocycles. The third kappa shape index (κ3) is 3.47. The molecule has 2 aromatic heterocycles. The largest absolute Gasteiger partial charge is 0.462 e. The molecule has 4 aliphatic carbocycles. The van der Waals surface area contributed by atoms with E-state index in [4.69, 9.17) is 10.5 Å². The van der Waals surface area contributed by atoms with Crippen molar-refractivity contribution in [3.8, 4) is 11.6 Å². The molecule has 6 rings (SSSR count). The molecule has 2 unspecified atom stereocenters. The molecular weight excluding hydrogens is 394 g/mol. The maximum absolute atomic E-state index is 13.2. The summed E-state index contributed by atoms with van der Waals surface area (Å²) >= 11 is 0. The lowest BCUT2D eigenvalue weighted by atomic mass is 9.47. The second-order valence-electron chi connectivity index (χ2n) is 10.1. The number of primary amides is 1. The molecule has 0 spiro atoms. The first kappa shape index (κ1) is 20.0. The average molecular weight is 424 g/mol. The number of hydrogen-bond acceptors (Lipinski definition) is 5. The second-order valence-corrected chi connectivity index (χ2v) is 10.1. The molecular formula is C23H29N5O3. The first-order chi connectivity index (χ1) is 14.8. The lowest BCUT2D eigenvalue weighted by molar-refractivity contribution is -0.150. The molecule has 2 heterocycles.